The number of hydrogen-bond acceptors (Lipinski definition) is 6. The smallest absolute Gasteiger partial charge is 0.133 e. The second-order valence-electron chi connectivity index (χ2n) is 6.41. The van der Waals surface area contributed by atoms with Gasteiger partial charge in [-0.3, -0.25) is 0 Å². The Balaban J connectivity index is 1.85. The molecular formula is C18H24N4O2. The van der Waals surface area contributed by atoms with E-state index in [-0.39, 0.29) is 0 Å². The lowest BCUT2D eigenvalue weighted by Gasteiger charge is -2.18. The van der Waals surface area contributed by atoms with E-state index < -0.39 is 6.10 Å². The molecule has 0 amide bonds. The molecule has 1 unspecified atom stereocenters. The monoisotopic (exact) mass is 328 g/mol. The zero-order valence-electron chi connectivity index (χ0n) is 14.4. The van der Waals surface area contributed by atoms with Crippen molar-refractivity contribution in [2.24, 2.45) is 0 Å². The van der Waals surface area contributed by atoms with Crippen LogP contribution in [0, 0.1) is 6.92 Å². The molecule has 0 fully saturated rings. The molecule has 128 valence electrons. The molecule has 6 heteroatoms. The summed E-state index contributed by atoms with van der Waals surface area (Å²) in [6, 6.07) is 8.03. The first-order valence-corrected chi connectivity index (χ1v) is 8.16. The van der Waals surface area contributed by atoms with Gasteiger partial charge in [0.2, 0.25) is 0 Å². The SMILES string of the molecule is Cc1nc2c(c(NCC(O)CN(C)C)n1)Cc1ccccc1OC2. The zero-order chi connectivity index (χ0) is 17.1. The standard InChI is InChI=1S/C18H24N4O2/c1-12-20-16-11-24-17-7-5-4-6-13(17)8-15(16)18(21-12)19-9-14(23)10-22(2)3/h4-7,14,23H,8-11H2,1-3H3,(H,19,20,21). The number of nitrogens with one attached hydrogen (secondary N) is 1. The van der Waals surface area contributed by atoms with E-state index >= 15 is 0 Å². The summed E-state index contributed by atoms with van der Waals surface area (Å²) in [5, 5.41) is 13.4. The van der Waals surface area contributed by atoms with Crippen LogP contribution >= 0.6 is 0 Å². The number of aliphatic hydroxyl groups excluding tert-OH is 1. The van der Waals surface area contributed by atoms with Gasteiger partial charge in [-0.05, 0) is 32.6 Å². The summed E-state index contributed by atoms with van der Waals surface area (Å²) in [7, 11) is 3.89. The molecule has 24 heavy (non-hydrogen) atoms. The Bertz CT molecular complexity index is 718. The Morgan fingerprint density at radius 3 is 2.88 bits per heavy atom. The minimum absolute atomic E-state index is 0.435. The minimum Gasteiger partial charge on any atom is -0.487 e. The average molecular weight is 328 g/mol. The normalized spacial score (nSPS) is 14.4. The summed E-state index contributed by atoms with van der Waals surface area (Å²) in [6.07, 6.45) is 0.262. The van der Waals surface area contributed by atoms with Gasteiger partial charge in [0.15, 0.2) is 0 Å². The Morgan fingerprint density at radius 1 is 1.29 bits per heavy atom. The van der Waals surface area contributed by atoms with Crippen molar-refractivity contribution in [3.8, 4) is 5.75 Å². The van der Waals surface area contributed by atoms with Gasteiger partial charge >= 0.3 is 0 Å². The highest BCUT2D eigenvalue weighted by atomic mass is 16.5. The lowest BCUT2D eigenvalue weighted by atomic mass is 10.0. The van der Waals surface area contributed by atoms with Gasteiger partial charge in [-0.25, -0.2) is 9.97 Å². The van der Waals surface area contributed by atoms with Crippen molar-refractivity contribution in [2.75, 3.05) is 32.5 Å². The van der Waals surface area contributed by atoms with Crippen LogP contribution in [-0.2, 0) is 13.0 Å². The van der Waals surface area contributed by atoms with E-state index in [1.165, 1.54) is 0 Å². The molecule has 0 aliphatic carbocycles. The zero-order valence-corrected chi connectivity index (χ0v) is 14.4. The maximum Gasteiger partial charge on any atom is 0.133 e. The number of likely N-dealkylation sites (N-methyl/N-ethyl adjacent to an activating group) is 1. The van der Waals surface area contributed by atoms with E-state index in [0.29, 0.717) is 25.5 Å². The minimum atomic E-state index is -0.458. The van der Waals surface area contributed by atoms with E-state index in [2.05, 4.69) is 21.4 Å². The van der Waals surface area contributed by atoms with Crippen molar-refractivity contribution in [3.63, 3.8) is 0 Å². The maximum atomic E-state index is 10.1. The Hall–Kier alpha value is -2.18. The van der Waals surface area contributed by atoms with E-state index in [9.17, 15) is 5.11 Å². The summed E-state index contributed by atoms with van der Waals surface area (Å²) in [5.74, 6) is 2.38. The van der Waals surface area contributed by atoms with Crippen LogP contribution < -0.4 is 10.1 Å². The molecule has 0 saturated carbocycles. The molecule has 1 aromatic carbocycles. The number of hydrogen-bond donors (Lipinski definition) is 2. The van der Waals surface area contributed by atoms with Crippen molar-refractivity contribution in [3.05, 3.63) is 46.9 Å². The highest BCUT2D eigenvalue weighted by Crippen LogP contribution is 2.30. The first kappa shape index (κ1) is 16.7. The first-order valence-electron chi connectivity index (χ1n) is 8.16. The fourth-order valence-corrected chi connectivity index (χ4v) is 2.93. The molecule has 2 N–H and O–H groups in total. The van der Waals surface area contributed by atoms with Crippen molar-refractivity contribution >= 4 is 5.82 Å². The largest absolute Gasteiger partial charge is 0.487 e. The highest BCUT2D eigenvalue weighted by molar-refractivity contribution is 5.52. The number of aliphatic hydroxyl groups is 1. The predicted molar refractivity (Wildman–Crippen MR) is 93.4 cm³/mol. The fraction of sp³-hybridized carbons (Fsp3) is 0.444. The van der Waals surface area contributed by atoms with Crippen molar-refractivity contribution < 1.29 is 9.84 Å². The number of rotatable bonds is 5. The number of para-hydroxylation sites is 1. The van der Waals surface area contributed by atoms with Gasteiger partial charge in [0.05, 0.1) is 11.8 Å². The van der Waals surface area contributed by atoms with Crippen LogP contribution in [0.1, 0.15) is 22.6 Å². The molecule has 6 nitrogen and oxygen atoms in total. The van der Waals surface area contributed by atoms with Crippen molar-refractivity contribution in [1.82, 2.24) is 14.9 Å². The number of fused-ring (bicyclic) bond motifs is 2. The molecule has 2 heterocycles. The van der Waals surface area contributed by atoms with Gasteiger partial charge in [-0.1, -0.05) is 18.2 Å². The summed E-state index contributed by atoms with van der Waals surface area (Å²) in [5.41, 5.74) is 3.08. The molecule has 1 aliphatic rings. The molecule has 1 atom stereocenters. The quantitative estimate of drug-likeness (QED) is 0.869. The van der Waals surface area contributed by atoms with E-state index in [0.717, 1.165) is 34.8 Å². The lowest BCUT2D eigenvalue weighted by Crippen LogP contribution is -2.32. The van der Waals surface area contributed by atoms with Gasteiger partial charge < -0.3 is 20.1 Å². The summed E-state index contributed by atoms with van der Waals surface area (Å²) >= 11 is 0. The van der Waals surface area contributed by atoms with Crippen molar-refractivity contribution in [2.45, 2.75) is 26.1 Å². The number of benzene rings is 1. The molecular weight excluding hydrogens is 304 g/mol. The summed E-state index contributed by atoms with van der Waals surface area (Å²) in [4.78, 5) is 11.1. The Kier molecular flexibility index (Phi) is 4.97. The highest BCUT2D eigenvalue weighted by Gasteiger charge is 2.20. The Morgan fingerprint density at radius 2 is 2.08 bits per heavy atom. The van der Waals surface area contributed by atoms with Gasteiger partial charge in [-0.15, -0.1) is 0 Å². The second kappa shape index (κ2) is 7.15. The predicted octanol–water partition coefficient (Wildman–Crippen LogP) is 1.60. The van der Waals surface area contributed by atoms with Crippen molar-refractivity contribution in [1.29, 1.82) is 0 Å². The van der Waals surface area contributed by atoms with E-state index in [4.69, 9.17) is 4.74 Å². The number of aromatic nitrogens is 2. The third-order valence-electron chi connectivity index (χ3n) is 3.99. The van der Waals surface area contributed by atoms with Crippen LogP contribution in [0.25, 0.3) is 0 Å². The van der Waals surface area contributed by atoms with Crippen LogP contribution in [0.2, 0.25) is 0 Å². The third-order valence-corrected chi connectivity index (χ3v) is 3.99. The summed E-state index contributed by atoms with van der Waals surface area (Å²) in [6.45, 7) is 3.36. The lowest BCUT2D eigenvalue weighted by molar-refractivity contribution is 0.148. The molecule has 1 aliphatic heterocycles. The van der Waals surface area contributed by atoms with E-state index in [1.54, 1.807) is 0 Å². The fourth-order valence-electron chi connectivity index (χ4n) is 2.93. The van der Waals surface area contributed by atoms with Gasteiger partial charge in [-0.2, -0.15) is 0 Å². The molecule has 3 rings (SSSR count). The Labute approximate surface area is 142 Å². The molecule has 0 saturated heterocycles. The second-order valence-corrected chi connectivity index (χ2v) is 6.41. The molecule has 0 spiro atoms. The van der Waals surface area contributed by atoms with Crippen LogP contribution in [0.4, 0.5) is 5.82 Å². The number of nitrogens with zero attached hydrogens (tertiary/aromatic N) is 3. The maximum absolute atomic E-state index is 10.1. The third kappa shape index (κ3) is 3.83. The van der Waals surface area contributed by atoms with E-state index in [1.807, 2.05) is 44.1 Å². The molecule has 0 radical (unpaired) electrons. The molecule has 2 aromatic rings. The van der Waals surface area contributed by atoms with Crippen LogP contribution in [-0.4, -0.2) is 53.3 Å². The topological polar surface area (TPSA) is 70.5 Å². The number of anilines is 1. The van der Waals surface area contributed by atoms with Crippen LogP contribution in [0.5, 0.6) is 5.75 Å². The van der Waals surface area contributed by atoms with Gasteiger partial charge in [0.1, 0.15) is 24.0 Å². The number of aryl methyl sites for hydroxylation is 1. The molecule has 1 aromatic heterocycles. The van der Waals surface area contributed by atoms with Gasteiger partial charge in [0.25, 0.3) is 0 Å². The van der Waals surface area contributed by atoms with Crippen LogP contribution in [0.15, 0.2) is 24.3 Å². The summed E-state index contributed by atoms with van der Waals surface area (Å²) < 4.78 is 5.89. The first-order chi connectivity index (χ1) is 11.5. The van der Waals surface area contributed by atoms with Crippen LogP contribution in [0.3, 0.4) is 0 Å². The number of ether oxygens (including phenoxy) is 1. The molecule has 0 bridgehead atoms. The average Bonchev–Trinajstić information content (AvgIpc) is 2.71. The van der Waals surface area contributed by atoms with Gasteiger partial charge in [0, 0.05) is 25.1 Å².